The summed E-state index contributed by atoms with van der Waals surface area (Å²) >= 11 is 1.41. The van der Waals surface area contributed by atoms with Crippen molar-refractivity contribution in [3.05, 3.63) is 29.7 Å². The van der Waals surface area contributed by atoms with E-state index in [0.29, 0.717) is 0 Å². The normalized spacial score (nSPS) is 21.8. The summed E-state index contributed by atoms with van der Waals surface area (Å²) in [6.45, 7) is 1.86. The highest BCUT2D eigenvalue weighted by Gasteiger charge is 2.40. The fourth-order valence-electron chi connectivity index (χ4n) is 2.29. The van der Waals surface area contributed by atoms with Gasteiger partial charge >= 0.3 is 0 Å². The van der Waals surface area contributed by atoms with Gasteiger partial charge in [-0.05, 0) is 13.0 Å². The zero-order valence-corrected chi connectivity index (χ0v) is 12.9. The molecule has 0 aromatic carbocycles. The fraction of sp³-hybridized carbons (Fsp3) is 0.286. The van der Waals surface area contributed by atoms with E-state index >= 15 is 0 Å². The van der Waals surface area contributed by atoms with Crippen LogP contribution in [0.2, 0.25) is 0 Å². The third-order valence-electron chi connectivity index (χ3n) is 3.59. The number of carbonyl (C=O) groups is 1. The summed E-state index contributed by atoms with van der Waals surface area (Å²) in [5.41, 5.74) is 0.0649. The molecule has 22 heavy (non-hydrogen) atoms. The van der Waals surface area contributed by atoms with Gasteiger partial charge in [-0.25, -0.2) is 4.98 Å². The minimum atomic E-state index is -0.701. The smallest absolute Gasteiger partial charge is 0.231 e. The number of aromatic nitrogens is 2. The van der Waals surface area contributed by atoms with Crippen LogP contribution in [0, 0.1) is 5.41 Å². The maximum Gasteiger partial charge on any atom is 0.231 e. The van der Waals surface area contributed by atoms with E-state index in [1.165, 1.54) is 22.4 Å². The lowest BCUT2D eigenvalue weighted by atomic mass is 9.96. The number of guanidine groups is 1. The van der Waals surface area contributed by atoms with Crippen LogP contribution in [-0.4, -0.2) is 38.9 Å². The van der Waals surface area contributed by atoms with Crippen molar-refractivity contribution in [2.45, 2.75) is 18.9 Å². The van der Waals surface area contributed by atoms with E-state index in [-0.39, 0.29) is 24.0 Å². The van der Waals surface area contributed by atoms with Gasteiger partial charge in [-0.3, -0.25) is 20.1 Å². The average molecular weight is 317 g/mol. The van der Waals surface area contributed by atoms with Crippen LogP contribution in [0.25, 0.3) is 10.4 Å². The lowest BCUT2D eigenvalue weighted by molar-refractivity contribution is -0.129. The summed E-state index contributed by atoms with van der Waals surface area (Å²) in [6, 6.07) is 1.61. The highest BCUT2D eigenvalue weighted by molar-refractivity contribution is 7.15. The SMILES string of the molecule is CN1C(=N)N[C@](C)(c2ncc(-c3cncc(O)c3)s2)CC1=O. The lowest BCUT2D eigenvalue weighted by Crippen LogP contribution is -2.58. The molecule has 0 bridgehead atoms. The molecule has 3 heterocycles. The fourth-order valence-corrected chi connectivity index (χ4v) is 3.29. The first-order valence-corrected chi connectivity index (χ1v) is 7.45. The third-order valence-corrected chi connectivity index (χ3v) is 4.90. The topological polar surface area (TPSA) is 102 Å². The van der Waals surface area contributed by atoms with Crippen LogP contribution >= 0.6 is 11.3 Å². The monoisotopic (exact) mass is 317 g/mol. The number of hydrogen-bond acceptors (Lipinski definition) is 6. The predicted octanol–water partition coefficient (Wildman–Crippen LogP) is 1.51. The van der Waals surface area contributed by atoms with E-state index in [0.717, 1.165) is 15.4 Å². The maximum atomic E-state index is 12.0. The Balaban J connectivity index is 1.93. The van der Waals surface area contributed by atoms with E-state index in [1.54, 1.807) is 25.5 Å². The molecule has 8 heteroatoms. The molecule has 3 N–H and O–H groups in total. The Labute approximate surface area is 131 Å². The standard InChI is InChI=1S/C14H15N5O2S/c1-14(4-11(21)19(2)13(15)18-14)12-17-7-10(22-12)8-3-9(20)6-16-5-8/h3,5-7,20H,4H2,1-2H3,(H2,15,18)/t14-/m0/s1. The summed E-state index contributed by atoms with van der Waals surface area (Å²) in [6.07, 6.45) is 4.94. The molecule has 2 aromatic heterocycles. The highest BCUT2D eigenvalue weighted by Crippen LogP contribution is 2.35. The largest absolute Gasteiger partial charge is 0.506 e. The molecule has 7 nitrogen and oxygen atoms in total. The summed E-state index contributed by atoms with van der Waals surface area (Å²) in [4.78, 5) is 22.5. The Bertz CT molecular complexity index is 739. The molecule has 0 saturated carbocycles. The molecule has 1 aliphatic rings. The Morgan fingerprint density at radius 3 is 2.91 bits per heavy atom. The van der Waals surface area contributed by atoms with Gasteiger partial charge in [0.05, 0.1) is 23.0 Å². The molecule has 1 aliphatic heterocycles. The van der Waals surface area contributed by atoms with E-state index < -0.39 is 5.54 Å². The van der Waals surface area contributed by atoms with Crippen molar-refractivity contribution < 1.29 is 9.90 Å². The van der Waals surface area contributed by atoms with Gasteiger partial charge in [0.1, 0.15) is 10.8 Å². The second-order valence-corrected chi connectivity index (χ2v) is 6.43. The molecule has 0 spiro atoms. The number of nitrogens with one attached hydrogen (secondary N) is 2. The highest BCUT2D eigenvalue weighted by atomic mass is 32.1. The first-order valence-electron chi connectivity index (χ1n) is 6.63. The van der Waals surface area contributed by atoms with Gasteiger partial charge in [-0.2, -0.15) is 0 Å². The minimum absolute atomic E-state index is 0.0644. The number of rotatable bonds is 2. The number of carbonyl (C=O) groups excluding carboxylic acids is 1. The molecule has 0 radical (unpaired) electrons. The molecule has 1 saturated heterocycles. The van der Waals surface area contributed by atoms with Gasteiger partial charge < -0.3 is 10.4 Å². The molecular weight excluding hydrogens is 302 g/mol. The van der Waals surface area contributed by atoms with E-state index in [1.807, 2.05) is 6.92 Å². The van der Waals surface area contributed by atoms with E-state index in [9.17, 15) is 9.90 Å². The van der Waals surface area contributed by atoms with Crippen LogP contribution in [0.4, 0.5) is 0 Å². The van der Waals surface area contributed by atoms with Gasteiger partial charge in [0.2, 0.25) is 5.91 Å². The zero-order chi connectivity index (χ0) is 15.9. The van der Waals surface area contributed by atoms with Crippen molar-refractivity contribution in [1.82, 2.24) is 20.2 Å². The summed E-state index contributed by atoms with van der Waals surface area (Å²) < 4.78 is 0. The first kappa shape index (κ1) is 14.5. The van der Waals surface area contributed by atoms with Crippen molar-refractivity contribution in [3.8, 4) is 16.2 Å². The molecule has 0 unspecified atom stereocenters. The summed E-state index contributed by atoms with van der Waals surface area (Å²) in [5, 5.41) is 21.1. The average Bonchev–Trinajstić information content (AvgIpc) is 2.95. The maximum absolute atomic E-state index is 12.0. The van der Waals surface area contributed by atoms with Crippen molar-refractivity contribution in [2.24, 2.45) is 0 Å². The Morgan fingerprint density at radius 2 is 2.23 bits per heavy atom. The molecule has 3 rings (SSSR count). The molecule has 2 aromatic rings. The van der Waals surface area contributed by atoms with Crippen LogP contribution < -0.4 is 5.32 Å². The van der Waals surface area contributed by atoms with Crippen molar-refractivity contribution >= 4 is 23.2 Å². The van der Waals surface area contributed by atoms with Crippen molar-refractivity contribution in [1.29, 1.82) is 5.41 Å². The number of thiazole rings is 1. The van der Waals surface area contributed by atoms with Crippen LogP contribution in [0.3, 0.4) is 0 Å². The van der Waals surface area contributed by atoms with Gasteiger partial charge in [0, 0.05) is 25.0 Å². The van der Waals surface area contributed by atoms with Crippen molar-refractivity contribution in [2.75, 3.05) is 7.05 Å². The Kier molecular flexibility index (Phi) is 3.32. The van der Waals surface area contributed by atoms with Crippen molar-refractivity contribution in [3.63, 3.8) is 0 Å². The third kappa shape index (κ3) is 2.41. The molecule has 1 fully saturated rings. The quantitative estimate of drug-likeness (QED) is 0.779. The lowest BCUT2D eigenvalue weighted by Gasteiger charge is -2.37. The second kappa shape index (κ2) is 5.06. The molecule has 1 atom stereocenters. The summed E-state index contributed by atoms with van der Waals surface area (Å²) in [7, 11) is 1.57. The number of aromatic hydroxyl groups is 1. The molecule has 1 amide bonds. The molecular formula is C14H15N5O2S. The molecule has 0 aliphatic carbocycles. The van der Waals surface area contributed by atoms with Crippen LogP contribution in [0.5, 0.6) is 5.75 Å². The van der Waals surface area contributed by atoms with E-state index in [4.69, 9.17) is 5.41 Å². The van der Waals surface area contributed by atoms with Crippen LogP contribution in [0.1, 0.15) is 18.4 Å². The number of amides is 1. The number of hydrogen-bond donors (Lipinski definition) is 3. The number of nitrogens with zero attached hydrogens (tertiary/aromatic N) is 3. The number of pyridine rings is 1. The Hall–Kier alpha value is -2.48. The van der Waals surface area contributed by atoms with Gasteiger partial charge in [0.15, 0.2) is 5.96 Å². The van der Waals surface area contributed by atoms with Gasteiger partial charge in [-0.15, -0.1) is 11.3 Å². The van der Waals surface area contributed by atoms with Crippen LogP contribution in [0.15, 0.2) is 24.7 Å². The van der Waals surface area contributed by atoms with Crippen LogP contribution in [-0.2, 0) is 10.3 Å². The van der Waals surface area contributed by atoms with Gasteiger partial charge in [-0.1, -0.05) is 0 Å². The second-order valence-electron chi connectivity index (χ2n) is 5.40. The van der Waals surface area contributed by atoms with Gasteiger partial charge in [0.25, 0.3) is 0 Å². The minimum Gasteiger partial charge on any atom is -0.506 e. The zero-order valence-electron chi connectivity index (χ0n) is 12.1. The predicted molar refractivity (Wildman–Crippen MR) is 82.6 cm³/mol. The molecule has 114 valence electrons. The summed E-state index contributed by atoms with van der Waals surface area (Å²) in [5.74, 6) is 0.0320. The van der Waals surface area contributed by atoms with E-state index in [2.05, 4.69) is 15.3 Å². The first-order chi connectivity index (χ1) is 10.4. The Morgan fingerprint density at radius 1 is 1.45 bits per heavy atom.